The van der Waals surface area contributed by atoms with Crippen molar-refractivity contribution in [1.82, 2.24) is 4.57 Å². The second kappa shape index (κ2) is 8.62. The fourth-order valence-electron chi connectivity index (χ4n) is 2.63. The van der Waals surface area contributed by atoms with Crippen LogP contribution in [0.4, 0.5) is 9.39 Å². The molecule has 144 valence electrons. The van der Waals surface area contributed by atoms with Gasteiger partial charge in [-0.25, -0.2) is 9.18 Å². The normalized spacial score (nSPS) is 10.5. The Kier molecular flexibility index (Phi) is 6.00. The van der Waals surface area contributed by atoms with Crippen LogP contribution in [-0.4, -0.2) is 23.1 Å². The third kappa shape index (κ3) is 4.34. The van der Waals surface area contributed by atoms with Crippen molar-refractivity contribution in [3.63, 3.8) is 0 Å². The third-order valence-corrected chi connectivity index (χ3v) is 4.77. The Morgan fingerprint density at radius 1 is 1.18 bits per heavy atom. The molecule has 0 aliphatic heterocycles. The molecule has 2 heterocycles. The summed E-state index contributed by atoms with van der Waals surface area (Å²) in [7, 11) is 0. The molecule has 1 aromatic carbocycles. The second-order valence-corrected chi connectivity index (χ2v) is 6.68. The molecule has 28 heavy (non-hydrogen) atoms. The molecule has 2 aromatic heterocycles. The summed E-state index contributed by atoms with van der Waals surface area (Å²) in [6.45, 7) is 1.51. The van der Waals surface area contributed by atoms with Crippen molar-refractivity contribution in [3.8, 4) is 11.1 Å². The molecule has 0 saturated carbocycles. The molecule has 1 N–H and O–H groups in total. The van der Waals surface area contributed by atoms with E-state index in [1.165, 1.54) is 11.3 Å². The van der Waals surface area contributed by atoms with E-state index in [4.69, 9.17) is 4.74 Å². The summed E-state index contributed by atoms with van der Waals surface area (Å²) < 4.78 is 19.4. The zero-order valence-corrected chi connectivity index (χ0v) is 15.8. The fourth-order valence-corrected chi connectivity index (χ4v) is 3.61. The predicted octanol–water partition coefficient (Wildman–Crippen LogP) is 3.53. The number of amides is 1. The molecule has 6 nitrogen and oxygen atoms in total. The van der Waals surface area contributed by atoms with Crippen molar-refractivity contribution in [3.05, 3.63) is 75.8 Å². The quantitative estimate of drug-likeness (QED) is 0.642. The number of nitrogens with one attached hydrogen (secondary N) is 1. The lowest BCUT2D eigenvalue weighted by atomic mass is 10.0. The number of hydrogen-bond acceptors (Lipinski definition) is 5. The lowest BCUT2D eigenvalue weighted by Gasteiger charge is -2.09. The first-order valence-corrected chi connectivity index (χ1v) is 9.37. The van der Waals surface area contributed by atoms with Gasteiger partial charge in [0, 0.05) is 23.2 Å². The highest BCUT2D eigenvalue weighted by atomic mass is 32.1. The summed E-state index contributed by atoms with van der Waals surface area (Å²) in [6, 6.07) is 11.3. The summed E-state index contributed by atoms with van der Waals surface area (Å²) in [5, 5.41) is 4.70. The molecule has 0 spiro atoms. The minimum absolute atomic E-state index is 0.189. The summed E-state index contributed by atoms with van der Waals surface area (Å²) in [5.74, 6) is -1.73. The summed E-state index contributed by atoms with van der Waals surface area (Å²) in [6.07, 6.45) is 0.956. The van der Waals surface area contributed by atoms with Gasteiger partial charge in [0.15, 0.2) is 0 Å². The fraction of sp³-hybridized carbons (Fsp3) is 0.150. The number of benzene rings is 1. The van der Waals surface area contributed by atoms with Crippen molar-refractivity contribution < 1.29 is 18.7 Å². The van der Waals surface area contributed by atoms with Crippen molar-refractivity contribution in [2.75, 3.05) is 11.9 Å². The second-order valence-electron chi connectivity index (χ2n) is 5.80. The van der Waals surface area contributed by atoms with Gasteiger partial charge in [0.25, 0.3) is 5.56 Å². The van der Waals surface area contributed by atoms with Gasteiger partial charge in [0.2, 0.25) is 5.91 Å². The van der Waals surface area contributed by atoms with Crippen LogP contribution in [0.2, 0.25) is 0 Å². The molecule has 1 amide bonds. The van der Waals surface area contributed by atoms with Crippen LogP contribution < -0.4 is 10.9 Å². The van der Waals surface area contributed by atoms with Gasteiger partial charge in [0.05, 0.1) is 6.61 Å². The number of hydrogen-bond donors (Lipinski definition) is 1. The average molecular weight is 400 g/mol. The first kappa shape index (κ1) is 19.5. The number of anilines is 1. The zero-order chi connectivity index (χ0) is 20.1. The van der Waals surface area contributed by atoms with Crippen LogP contribution in [0.25, 0.3) is 11.1 Å². The minimum atomic E-state index is -0.623. The minimum Gasteiger partial charge on any atom is -0.462 e. The topological polar surface area (TPSA) is 77.4 Å². The molecule has 0 radical (unpaired) electrons. The highest BCUT2D eigenvalue weighted by molar-refractivity contribution is 7.15. The number of carbonyl (C=O) groups excluding carboxylic acids is 2. The number of rotatable bonds is 6. The van der Waals surface area contributed by atoms with E-state index in [2.05, 4.69) is 5.32 Å². The molecule has 0 saturated heterocycles. The molecular formula is C20H17FN2O4S. The number of ether oxygens (including phenoxy) is 1. The van der Waals surface area contributed by atoms with Crippen LogP contribution in [0.3, 0.4) is 0 Å². The van der Waals surface area contributed by atoms with Crippen molar-refractivity contribution in [2.24, 2.45) is 0 Å². The van der Waals surface area contributed by atoms with Gasteiger partial charge in [-0.1, -0.05) is 30.3 Å². The van der Waals surface area contributed by atoms with Crippen molar-refractivity contribution in [2.45, 2.75) is 13.5 Å². The van der Waals surface area contributed by atoms with Gasteiger partial charge >= 0.3 is 5.97 Å². The first-order valence-electron chi connectivity index (χ1n) is 8.49. The van der Waals surface area contributed by atoms with Crippen LogP contribution in [-0.2, 0) is 16.1 Å². The van der Waals surface area contributed by atoms with E-state index < -0.39 is 23.3 Å². The summed E-state index contributed by atoms with van der Waals surface area (Å²) >= 11 is 1.18. The third-order valence-electron chi connectivity index (χ3n) is 3.87. The number of esters is 1. The van der Waals surface area contributed by atoms with Crippen LogP contribution in [0.5, 0.6) is 0 Å². The van der Waals surface area contributed by atoms with Crippen LogP contribution in [0.1, 0.15) is 17.3 Å². The Labute approximate surface area is 164 Å². The van der Waals surface area contributed by atoms with Gasteiger partial charge in [-0.3, -0.25) is 9.59 Å². The lowest BCUT2D eigenvalue weighted by Crippen LogP contribution is -2.27. The van der Waals surface area contributed by atoms with E-state index in [1.54, 1.807) is 12.3 Å². The molecule has 3 aromatic rings. The van der Waals surface area contributed by atoms with Gasteiger partial charge in [0.1, 0.15) is 22.9 Å². The number of nitrogens with zero attached hydrogens (tertiary/aromatic N) is 1. The number of carbonyl (C=O) groups is 2. The van der Waals surface area contributed by atoms with Gasteiger partial charge in [-0.15, -0.1) is 11.3 Å². The van der Waals surface area contributed by atoms with E-state index in [0.717, 1.165) is 28.5 Å². The smallest absolute Gasteiger partial charge is 0.341 e. The SMILES string of the molecule is CCOC(=O)c1c(-c2ccccc2)csc1NC(=O)Cn1cc(F)ccc1=O. The van der Waals surface area contributed by atoms with E-state index in [9.17, 15) is 18.8 Å². The Balaban J connectivity index is 1.90. The molecule has 0 aliphatic carbocycles. The van der Waals surface area contributed by atoms with Crippen molar-refractivity contribution >= 4 is 28.2 Å². The van der Waals surface area contributed by atoms with Gasteiger partial charge in [-0.05, 0) is 18.6 Å². The Bertz CT molecular complexity index is 1060. The van der Waals surface area contributed by atoms with E-state index in [-0.39, 0.29) is 18.7 Å². The van der Waals surface area contributed by atoms with E-state index >= 15 is 0 Å². The Morgan fingerprint density at radius 3 is 2.64 bits per heavy atom. The number of aromatic nitrogens is 1. The largest absolute Gasteiger partial charge is 0.462 e. The summed E-state index contributed by atoms with van der Waals surface area (Å²) in [4.78, 5) is 36.6. The van der Waals surface area contributed by atoms with Gasteiger partial charge in [-0.2, -0.15) is 0 Å². The van der Waals surface area contributed by atoms with Gasteiger partial charge < -0.3 is 14.6 Å². The van der Waals surface area contributed by atoms with Crippen LogP contribution in [0, 0.1) is 5.82 Å². The lowest BCUT2D eigenvalue weighted by molar-refractivity contribution is -0.116. The molecule has 0 unspecified atom stereocenters. The van der Waals surface area contributed by atoms with E-state index in [0.29, 0.717) is 10.6 Å². The first-order chi connectivity index (χ1) is 13.5. The highest BCUT2D eigenvalue weighted by Gasteiger charge is 2.22. The van der Waals surface area contributed by atoms with E-state index in [1.807, 2.05) is 30.3 Å². The standard InChI is InChI=1S/C20H17FN2O4S/c1-2-27-20(26)18-15(13-6-4-3-5-7-13)12-28-19(18)22-16(24)11-23-10-14(21)8-9-17(23)25/h3-10,12H,2,11H2,1H3,(H,22,24). The van der Waals surface area contributed by atoms with Crippen LogP contribution in [0.15, 0.2) is 58.8 Å². The zero-order valence-electron chi connectivity index (χ0n) is 15.0. The Morgan fingerprint density at radius 2 is 1.93 bits per heavy atom. The maximum Gasteiger partial charge on any atom is 0.341 e. The molecule has 0 bridgehead atoms. The van der Waals surface area contributed by atoms with Crippen LogP contribution >= 0.6 is 11.3 Å². The number of thiophene rings is 1. The molecule has 0 atom stereocenters. The predicted molar refractivity (Wildman–Crippen MR) is 105 cm³/mol. The molecule has 0 fully saturated rings. The highest BCUT2D eigenvalue weighted by Crippen LogP contribution is 2.36. The molecule has 0 aliphatic rings. The average Bonchev–Trinajstić information content (AvgIpc) is 3.09. The maximum absolute atomic E-state index is 13.3. The number of halogens is 1. The maximum atomic E-state index is 13.3. The Hall–Kier alpha value is -3.26. The molecule has 3 rings (SSSR count). The molecular weight excluding hydrogens is 383 g/mol. The number of pyridine rings is 1. The monoisotopic (exact) mass is 400 g/mol. The molecule has 8 heteroatoms. The van der Waals surface area contributed by atoms with Crippen molar-refractivity contribution in [1.29, 1.82) is 0 Å². The summed E-state index contributed by atoms with van der Waals surface area (Å²) in [5.41, 5.74) is 1.20.